The lowest BCUT2D eigenvalue weighted by molar-refractivity contribution is 0.168. The number of piperazine rings is 1. The van der Waals surface area contributed by atoms with Crippen molar-refractivity contribution in [2.45, 2.75) is 49.8 Å². The van der Waals surface area contributed by atoms with Gasteiger partial charge in [0.1, 0.15) is 5.52 Å². The van der Waals surface area contributed by atoms with Crippen LogP contribution < -0.4 is 20.5 Å². The fourth-order valence-electron chi connectivity index (χ4n) is 5.03. The SMILES string of the molecule is CC(O)CNc1nc2c(N3CCN(C(=O)N(C)C)CC3)cc(S(=O)(=O)NC3(C)CC3)cc2c(=O)n1Cc1cnn(C)c1. The zero-order chi connectivity index (χ0) is 30.4. The molecule has 3 heterocycles. The summed E-state index contributed by atoms with van der Waals surface area (Å²) in [5.74, 6) is 0.249. The quantitative estimate of drug-likeness (QED) is 0.320. The van der Waals surface area contributed by atoms with Crippen molar-refractivity contribution < 1.29 is 18.3 Å². The molecule has 0 radical (unpaired) electrons. The standard InChI is InChI=1S/C27H39N9O5S/c1-18(37)14-28-25-30-23-21(24(38)36(25)17-19-15-29-33(5)16-19)12-20(42(40,41)31-27(2)6-7-27)13-22(23)34-8-10-35(11-9-34)26(39)32(3)4/h12-13,15-16,18,31,37H,6-11,14,17H2,1-5H3,(H,28,30). The first-order chi connectivity index (χ1) is 19.8. The van der Waals surface area contributed by atoms with E-state index in [9.17, 15) is 23.1 Å². The highest BCUT2D eigenvalue weighted by molar-refractivity contribution is 7.89. The molecule has 0 spiro atoms. The van der Waals surface area contributed by atoms with E-state index in [1.165, 1.54) is 15.5 Å². The van der Waals surface area contributed by atoms with Crippen molar-refractivity contribution in [3.63, 3.8) is 0 Å². The first-order valence-corrected chi connectivity index (χ1v) is 15.5. The Bertz CT molecular complexity index is 1650. The predicted octanol–water partition coefficient (Wildman–Crippen LogP) is 0.605. The highest BCUT2D eigenvalue weighted by atomic mass is 32.2. The normalized spacial score (nSPS) is 17.4. The number of nitrogens with one attached hydrogen (secondary N) is 2. The molecule has 2 fully saturated rings. The Kier molecular flexibility index (Phi) is 7.94. The summed E-state index contributed by atoms with van der Waals surface area (Å²) in [6, 6.07) is 2.86. The summed E-state index contributed by atoms with van der Waals surface area (Å²) in [4.78, 5) is 36.7. The number of fused-ring (bicyclic) bond motifs is 1. The largest absolute Gasteiger partial charge is 0.392 e. The smallest absolute Gasteiger partial charge is 0.319 e. The third-order valence-corrected chi connectivity index (χ3v) is 9.25. The topological polar surface area (TPSA) is 158 Å². The number of sulfonamides is 1. The predicted molar refractivity (Wildman–Crippen MR) is 159 cm³/mol. The van der Waals surface area contributed by atoms with E-state index in [0.717, 1.165) is 18.4 Å². The summed E-state index contributed by atoms with van der Waals surface area (Å²) in [6.45, 7) is 5.50. The minimum Gasteiger partial charge on any atom is -0.392 e. The summed E-state index contributed by atoms with van der Waals surface area (Å²) in [6.07, 6.45) is 4.22. The maximum absolute atomic E-state index is 14.1. The van der Waals surface area contributed by atoms with Gasteiger partial charge in [-0.15, -0.1) is 0 Å². The van der Waals surface area contributed by atoms with Gasteiger partial charge in [0.05, 0.1) is 34.8 Å². The van der Waals surface area contributed by atoms with E-state index in [4.69, 9.17) is 4.98 Å². The molecule has 2 aliphatic rings. The monoisotopic (exact) mass is 601 g/mol. The van der Waals surface area contributed by atoms with Crippen LogP contribution in [0.1, 0.15) is 32.3 Å². The Labute approximate surface area is 245 Å². The molecule has 15 heteroatoms. The average Bonchev–Trinajstić information content (AvgIpc) is 3.50. The molecule has 0 bridgehead atoms. The van der Waals surface area contributed by atoms with Crippen LogP contribution in [0.15, 0.2) is 34.2 Å². The van der Waals surface area contributed by atoms with E-state index < -0.39 is 27.2 Å². The fraction of sp³-hybridized carbons (Fsp3) is 0.556. The number of aromatic nitrogens is 4. The lowest BCUT2D eigenvalue weighted by Gasteiger charge is -2.37. The molecule has 3 aromatic rings. The molecular formula is C27H39N9O5S. The van der Waals surface area contributed by atoms with Gasteiger partial charge >= 0.3 is 6.03 Å². The van der Waals surface area contributed by atoms with Crippen LogP contribution in [0.3, 0.4) is 0 Å². The second-order valence-electron chi connectivity index (χ2n) is 11.7. The molecule has 2 aromatic heterocycles. The van der Waals surface area contributed by atoms with Crippen molar-refractivity contribution in [1.82, 2.24) is 33.9 Å². The van der Waals surface area contributed by atoms with E-state index in [2.05, 4.69) is 15.1 Å². The van der Waals surface area contributed by atoms with Crippen molar-refractivity contribution in [2.24, 2.45) is 7.05 Å². The Morgan fingerprint density at radius 1 is 1.19 bits per heavy atom. The van der Waals surface area contributed by atoms with Crippen molar-refractivity contribution in [3.8, 4) is 0 Å². The lowest BCUT2D eigenvalue weighted by atomic mass is 10.1. The van der Waals surface area contributed by atoms with Crippen LogP contribution in [-0.2, 0) is 23.6 Å². The molecular weight excluding hydrogens is 562 g/mol. The maximum Gasteiger partial charge on any atom is 0.319 e. The number of benzene rings is 1. The van der Waals surface area contributed by atoms with E-state index in [-0.39, 0.29) is 35.4 Å². The van der Waals surface area contributed by atoms with Gasteiger partial charge < -0.3 is 25.1 Å². The molecule has 228 valence electrons. The Hall–Kier alpha value is -3.69. The van der Waals surface area contributed by atoms with Gasteiger partial charge in [0.2, 0.25) is 16.0 Å². The zero-order valence-electron chi connectivity index (χ0n) is 24.7. The third kappa shape index (κ3) is 6.22. The second kappa shape index (κ2) is 11.2. The highest BCUT2D eigenvalue weighted by Gasteiger charge is 2.41. The van der Waals surface area contributed by atoms with Crippen LogP contribution in [0.2, 0.25) is 0 Å². The maximum atomic E-state index is 14.1. The molecule has 1 saturated heterocycles. The summed E-state index contributed by atoms with van der Waals surface area (Å²) < 4.78 is 33.0. The molecule has 5 rings (SSSR count). The minimum atomic E-state index is -3.95. The first-order valence-electron chi connectivity index (χ1n) is 14.0. The summed E-state index contributed by atoms with van der Waals surface area (Å²) in [5.41, 5.74) is 0.680. The van der Waals surface area contributed by atoms with Gasteiger partial charge in [-0.3, -0.25) is 14.0 Å². The first kappa shape index (κ1) is 29.8. The number of urea groups is 1. The van der Waals surface area contributed by atoms with Crippen LogP contribution in [0, 0.1) is 0 Å². The molecule has 1 unspecified atom stereocenters. The van der Waals surface area contributed by atoms with Crippen LogP contribution >= 0.6 is 0 Å². The van der Waals surface area contributed by atoms with Crippen molar-refractivity contribution in [3.05, 3.63) is 40.4 Å². The second-order valence-corrected chi connectivity index (χ2v) is 13.4. The Balaban J connectivity index is 1.65. The number of aliphatic hydroxyl groups is 1. The molecule has 1 aliphatic heterocycles. The van der Waals surface area contributed by atoms with Crippen molar-refractivity contribution in [1.29, 1.82) is 0 Å². The average molecular weight is 602 g/mol. The van der Waals surface area contributed by atoms with Gasteiger partial charge in [-0.2, -0.15) is 5.10 Å². The molecule has 1 atom stereocenters. The van der Waals surface area contributed by atoms with Crippen molar-refractivity contribution in [2.75, 3.05) is 57.0 Å². The minimum absolute atomic E-state index is 0.0126. The van der Waals surface area contributed by atoms with Gasteiger partial charge in [-0.1, -0.05) is 0 Å². The van der Waals surface area contributed by atoms with Gasteiger partial charge in [0, 0.05) is 71.2 Å². The number of aryl methyl sites for hydroxylation is 1. The molecule has 1 aliphatic carbocycles. The zero-order valence-corrected chi connectivity index (χ0v) is 25.5. The van der Waals surface area contributed by atoms with E-state index >= 15 is 0 Å². The summed E-state index contributed by atoms with van der Waals surface area (Å²) in [7, 11) is 1.23. The number of hydrogen-bond acceptors (Lipinski definition) is 9. The van der Waals surface area contributed by atoms with Crippen LogP contribution in [0.5, 0.6) is 0 Å². The number of hydrogen-bond donors (Lipinski definition) is 3. The molecule has 42 heavy (non-hydrogen) atoms. The number of rotatable bonds is 9. The van der Waals surface area contributed by atoms with Gasteiger partial charge in [-0.05, 0) is 38.8 Å². The molecule has 1 aromatic carbocycles. The lowest BCUT2D eigenvalue weighted by Crippen LogP contribution is -2.51. The van der Waals surface area contributed by atoms with Crippen molar-refractivity contribution >= 4 is 38.6 Å². The summed E-state index contributed by atoms with van der Waals surface area (Å²) in [5, 5.41) is 17.4. The fourth-order valence-corrected chi connectivity index (χ4v) is 6.54. The number of carbonyl (C=O) groups excluding carboxylic acids is 1. The number of carbonyl (C=O) groups is 1. The van der Waals surface area contributed by atoms with Crippen LogP contribution in [0.25, 0.3) is 10.9 Å². The van der Waals surface area contributed by atoms with E-state index in [1.54, 1.807) is 56.1 Å². The van der Waals surface area contributed by atoms with E-state index in [1.807, 2.05) is 11.8 Å². The highest BCUT2D eigenvalue weighted by Crippen LogP contribution is 2.37. The molecule has 3 N–H and O–H groups in total. The number of anilines is 2. The summed E-state index contributed by atoms with van der Waals surface area (Å²) >= 11 is 0. The number of amides is 2. The Morgan fingerprint density at radius 2 is 1.88 bits per heavy atom. The van der Waals surface area contributed by atoms with Gasteiger partial charge in [0.15, 0.2) is 0 Å². The van der Waals surface area contributed by atoms with Crippen LogP contribution in [-0.4, -0.2) is 107 Å². The van der Waals surface area contributed by atoms with Crippen LogP contribution in [0.4, 0.5) is 16.4 Å². The third-order valence-electron chi connectivity index (χ3n) is 7.63. The van der Waals surface area contributed by atoms with E-state index in [0.29, 0.717) is 37.4 Å². The van der Waals surface area contributed by atoms with Gasteiger partial charge in [0.25, 0.3) is 5.56 Å². The number of nitrogens with zero attached hydrogens (tertiary/aromatic N) is 7. The Morgan fingerprint density at radius 3 is 2.45 bits per heavy atom. The van der Waals surface area contributed by atoms with Gasteiger partial charge in [-0.25, -0.2) is 22.9 Å². The number of aliphatic hydroxyl groups excluding tert-OH is 1. The molecule has 1 saturated carbocycles. The molecule has 14 nitrogen and oxygen atoms in total. The molecule has 2 amide bonds.